The third kappa shape index (κ3) is 4.05. The summed E-state index contributed by atoms with van der Waals surface area (Å²) in [5.74, 6) is 0. The lowest BCUT2D eigenvalue weighted by atomic mass is 11.3. The Morgan fingerprint density at radius 3 is 2.50 bits per heavy atom. The molecule has 0 aliphatic heterocycles. The third-order valence-corrected chi connectivity index (χ3v) is 0.384. The molecule has 3 heteroatoms. The van der Waals surface area contributed by atoms with Gasteiger partial charge in [-0.1, -0.05) is 0 Å². The fourth-order valence-corrected chi connectivity index (χ4v) is 0.147. The van der Waals surface area contributed by atoms with Crippen molar-refractivity contribution in [3.63, 3.8) is 0 Å². The van der Waals surface area contributed by atoms with Crippen molar-refractivity contribution >= 4 is 22.6 Å². The van der Waals surface area contributed by atoms with E-state index in [1.807, 2.05) is 22.6 Å². The third-order valence-electron chi connectivity index (χ3n) is 0.164. The Morgan fingerprint density at radius 2 is 2.33 bits per heavy atom. The van der Waals surface area contributed by atoms with Crippen LogP contribution in [0.3, 0.4) is 0 Å². The van der Waals surface area contributed by atoms with E-state index in [4.69, 9.17) is 0 Å². The van der Waals surface area contributed by atoms with Gasteiger partial charge in [0.15, 0.2) is 6.11 Å². The van der Waals surface area contributed by atoms with E-state index in [2.05, 4.69) is 19.8 Å². The maximum absolute atomic E-state index is 4.11. The first-order valence-corrected chi connectivity index (χ1v) is 2.30. The molecule has 0 fully saturated rings. The average molecular weight is 198 g/mol. The van der Waals surface area contributed by atoms with Crippen molar-refractivity contribution in [1.29, 1.82) is 0 Å². The van der Waals surface area contributed by atoms with Crippen molar-refractivity contribution in [2.45, 2.75) is 0 Å². The molecule has 0 rings (SSSR count). The molecule has 0 saturated carbocycles. The summed E-state index contributed by atoms with van der Waals surface area (Å²) < 4.78 is 2.44. The summed E-state index contributed by atoms with van der Waals surface area (Å²) in [5, 5.41) is 0. The van der Waals surface area contributed by atoms with E-state index in [9.17, 15) is 0 Å². The second kappa shape index (κ2) is 5.05. The van der Waals surface area contributed by atoms with Crippen molar-refractivity contribution in [2.75, 3.05) is 7.11 Å². The first-order chi connectivity index (χ1) is 2.91. The Labute approximate surface area is 49.9 Å². The minimum Gasteiger partial charge on any atom is -0.282 e. The molecule has 0 aromatic carbocycles. The monoisotopic (exact) mass is 198 g/mol. The SMILES string of the molecule is COOC#CI. The van der Waals surface area contributed by atoms with Gasteiger partial charge in [0.05, 0.1) is 7.11 Å². The second-order valence-electron chi connectivity index (χ2n) is 0.447. The van der Waals surface area contributed by atoms with E-state index in [1.165, 1.54) is 7.11 Å². The summed E-state index contributed by atoms with van der Waals surface area (Å²) in [5.41, 5.74) is 0. The molecule has 2 nitrogen and oxygen atoms in total. The van der Waals surface area contributed by atoms with E-state index in [1.54, 1.807) is 0 Å². The Morgan fingerprint density at radius 1 is 1.67 bits per heavy atom. The van der Waals surface area contributed by atoms with Crippen molar-refractivity contribution in [3.05, 3.63) is 0 Å². The number of hydrogen-bond acceptors (Lipinski definition) is 2. The minimum atomic E-state index is 1.40. The van der Waals surface area contributed by atoms with E-state index >= 15 is 0 Å². The summed E-state index contributed by atoms with van der Waals surface area (Å²) >= 11 is 1.84. The highest BCUT2D eigenvalue weighted by Gasteiger charge is 1.58. The molecular weight excluding hydrogens is 195 g/mol. The Kier molecular flexibility index (Phi) is 5.09. The number of rotatable bonds is 1. The van der Waals surface area contributed by atoms with Crippen LogP contribution >= 0.6 is 22.6 Å². The lowest BCUT2D eigenvalue weighted by Gasteiger charge is -1.79. The highest BCUT2D eigenvalue weighted by Crippen LogP contribution is 1.71. The van der Waals surface area contributed by atoms with Crippen LogP contribution < -0.4 is 0 Å². The molecule has 0 radical (unpaired) electrons. The largest absolute Gasteiger partial charge is 0.282 e. The molecule has 0 aromatic rings. The van der Waals surface area contributed by atoms with Crippen LogP contribution in [-0.2, 0) is 9.78 Å². The molecule has 6 heavy (non-hydrogen) atoms. The van der Waals surface area contributed by atoms with E-state index in [0.29, 0.717) is 0 Å². The minimum absolute atomic E-state index is 1.40. The highest BCUT2D eigenvalue weighted by molar-refractivity contribution is 14.1. The molecule has 0 spiro atoms. The van der Waals surface area contributed by atoms with Crippen LogP contribution in [0.1, 0.15) is 0 Å². The van der Waals surface area contributed by atoms with Gasteiger partial charge in [-0.15, -0.1) is 0 Å². The molecule has 0 amide bonds. The maximum Gasteiger partial charge on any atom is 0.168 e. The second-order valence-corrected chi connectivity index (χ2v) is 0.986. The van der Waals surface area contributed by atoms with Crippen LogP contribution in [0.5, 0.6) is 0 Å². The molecule has 34 valence electrons. The lowest BCUT2D eigenvalue weighted by molar-refractivity contribution is -0.209. The van der Waals surface area contributed by atoms with Crippen molar-refractivity contribution < 1.29 is 9.78 Å². The Bertz CT molecular complexity index is 70.6. The van der Waals surface area contributed by atoms with Crippen LogP contribution in [0.15, 0.2) is 0 Å². The summed E-state index contributed by atoms with van der Waals surface area (Å²) in [4.78, 5) is 8.22. The summed E-state index contributed by atoms with van der Waals surface area (Å²) in [7, 11) is 1.40. The number of hydrogen-bond donors (Lipinski definition) is 0. The van der Waals surface area contributed by atoms with Gasteiger partial charge >= 0.3 is 0 Å². The molecule has 0 atom stereocenters. The molecule has 0 unspecified atom stereocenters. The lowest BCUT2D eigenvalue weighted by Crippen LogP contribution is -1.73. The van der Waals surface area contributed by atoms with E-state index in [0.717, 1.165) is 0 Å². The average Bonchev–Trinajstić information content (AvgIpc) is 1.61. The molecule has 0 saturated heterocycles. The fraction of sp³-hybridized carbons (Fsp3) is 0.333. The molecule has 0 N–H and O–H groups in total. The molecule has 0 aliphatic carbocycles. The Hall–Kier alpha value is 0.0500. The van der Waals surface area contributed by atoms with Gasteiger partial charge in [0.25, 0.3) is 0 Å². The van der Waals surface area contributed by atoms with Crippen LogP contribution in [0.25, 0.3) is 0 Å². The van der Waals surface area contributed by atoms with Crippen molar-refractivity contribution in [3.8, 4) is 10.0 Å². The van der Waals surface area contributed by atoms with Gasteiger partial charge in [-0.3, -0.25) is 4.89 Å². The fourth-order valence-electron chi connectivity index (χ4n) is 0.0574. The topological polar surface area (TPSA) is 18.5 Å². The summed E-state index contributed by atoms with van der Waals surface area (Å²) in [6, 6.07) is 0. The van der Waals surface area contributed by atoms with Crippen molar-refractivity contribution in [2.24, 2.45) is 0 Å². The Balaban J connectivity index is 2.79. The maximum atomic E-state index is 4.11. The van der Waals surface area contributed by atoms with Gasteiger partial charge in [-0.25, -0.2) is 0 Å². The zero-order valence-electron chi connectivity index (χ0n) is 3.19. The van der Waals surface area contributed by atoms with Gasteiger partial charge < -0.3 is 0 Å². The van der Waals surface area contributed by atoms with Crippen LogP contribution in [0.2, 0.25) is 0 Å². The first kappa shape index (κ1) is 6.05. The highest BCUT2D eigenvalue weighted by atomic mass is 127. The molecule has 0 bridgehead atoms. The smallest absolute Gasteiger partial charge is 0.168 e. The van der Waals surface area contributed by atoms with Gasteiger partial charge in [-0.05, 0) is 0 Å². The van der Waals surface area contributed by atoms with E-state index < -0.39 is 0 Å². The number of halogens is 1. The van der Waals surface area contributed by atoms with Gasteiger partial charge in [0.2, 0.25) is 0 Å². The molecule has 0 aromatic heterocycles. The van der Waals surface area contributed by atoms with E-state index in [-0.39, 0.29) is 0 Å². The van der Waals surface area contributed by atoms with Gasteiger partial charge in [0, 0.05) is 26.5 Å². The zero-order chi connectivity index (χ0) is 4.83. The zero-order valence-corrected chi connectivity index (χ0v) is 5.35. The predicted octanol–water partition coefficient (Wildman–Crippen LogP) is 0.918. The van der Waals surface area contributed by atoms with Gasteiger partial charge in [0.1, 0.15) is 0 Å². The predicted molar refractivity (Wildman–Crippen MR) is 29.9 cm³/mol. The normalized spacial score (nSPS) is 5.67. The quantitative estimate of drug-likeness (QED) is 0.270. The van der Waals surface area contributed by atoms with Crippen molar-refractivity contribution in [1.82, 2.24) is 0 Å². The first-order valence-electron chi connectivity index (χ1n) is 1.22. The standard InChI is InChI=1S/C3H3IO2/c1-5-6-3-2-4/h1H3. The van der Waals surface area contributed by atoms with Gasteiger partial charge in [-0.2, -0.15) is 4.89 Å². The summed E-state index contributed by atoms with van der Waals surface area (Å²) in [6.45, 7) is 0. The van der Waals surface area contributed by atoms with Crippen LogP contribution in [0.4, 0.5) is 0 Å². The molecule has 0 aliphatic rings. The molecular formula is C3H3IO2. The summed E-state index contributed by atoms with van der Waals surface area (Å²) in [6.07, 6.45) is 2.21. The molecule has 0 heterocycles. The van der Waals surface area contributed by atoms with Crippen LogP contribution in [0, 0.1) is 10.0 Å². The van der Waals surface area contributed by atoms with Crippen LogP contribution in [-0.4, -0.2) is 7.11 Å².